The molecule has 1 heterocycles. The van der Waals surface area contributed by atoms with Crippen LogP contribution in [0, 0.1) is 6.92 Å². The lowest BCUT2D eigenvalue weighted by Gasteiger charge is -2.06. The molecule has 0 saturated heterocycles. The first-order valence-electron chi connectivity index (χ1n) is 6.64. The molecule has 0 spiro atoms. The fourth-order valence-electron chi connectivity index (χ4n) is 1.93. The zero-order valence-electron chi connectivity index (χ0n) is 12.1. The minimum Gasteiger partial charge on any atom is -0.347 e. The summed E-state index contributed by atoms with van der Waals surface area (Å²) in [5.41, 5.74) is 2.61. The van der Waals surface area contributed by atoms with Crippen LogP contribution in [-0.2, 0) is 22.3 Å². The molecule has 2 aromatic rings. The lowest BCUT2D eigenvalue weighted by atomic mass is 10.1. The van der Waals surface area contributed by atoms with Crippen molar-refractivity contribution in [2.75, 3.05) is 0 Å². The van der Waals surface area contributed by atoms with Gasteiger partial charge in [-0.05, 0) is 30.2 Å². The molecule has 3 N–H and O–H groups in total. The summed E-state index contributed by atoms with van der Waals surface area (Å²) in [5.74, 6) is -0.454. The van der Waals surface area contributed by atoms with Gasteiger partial charge in [0.2, 0.25) is 10.0 Å². The average Bonchev–Trinajstić information content (AvgIpc) is 2.44. The predicted molar refractivity (Wildman–Crippen MR) is 83.4 cm³/mol. The zero-order chi connectivity index (χ0) is 16.2. The van der Waals surface area contributed by atoms with E-state index >= 15 is 0 Å². The molecule has 116 valence electrons. The number of hydrogen-bond acceptors (Lipinski definition) is 4. The first-order chi connectivity index (χ1) is 10.3. The smallest absolute Gasteiger partial charge is 0.270 e. The summed E-state index contributed by atoms with van der Waals surface area (Å²) in [6, 6.07) is 12.1. The molecular formula is C15H17N3O3S. The number of nitrogens with two attached hydrogens (primary N) is 1. The van der Waals surface area contributed by atoms with E-state index in [1.54, 1.807) is 36.4 Å². The van der Waals surface area contributed by atoms with Crippen LogP contribution in [0.1, 0.15) is 27.3 Å². The van der Waals surface area contributed by atoms with Gasteiger partial charge in [0.15, 0.2) is 0 Å². The van der Waals surface area contributed by atoms with Crippen molar-refractivity contribution in [3.05, 3.63) is 65.0 Å². The number of aromatic nitrogens is 1. The van der Waals surface area contributed by atoms with Gasteiger partial charge in [-0.25, -0.2) is 18.5 Å². The molecule has 0 aliphatic heterocycles. The number of nitrogens with one attached hydrogen (secondary N) is 1. The van der Waals surface area contributed by atoms with E-state index in [2.05, 4.69) is 10.3 Å². The molecule has 0 fully saturated rings. The topological polar surface area (TPSA) is 102 Å². The Kier molecular flexibility index (Phi) is 4.89. The number of rotatable bonds is 5. The summed E-state index contributed by atoms with van der Waals surface area (Å²) >= 11 is 0. The maximum Gasteiger partial charge on any atom is 0.270 e. The van der Waals surface area contributed by atoms with Crippen molar-refractivity contribution >= 4 is 15.9 Å². The standard InChI is InChI=1S/C15H17N3O3S/c1-11-3-2-4-14(18-11)15(19)17-9-12-5-7-13(8-6-12)10-22(16,20)21/h2-8H,9-10H2,1H3,(H,17,19)(H2,16,20,21). The molecule has 0 unspecified atom stereocenters. The number of carbonyl (C=O) groups excluding carboxylic acids is 1. The summed E-state index contributed by atoms with van der Waals surface area (Å²) in [7, 11) is -3.53. The highest BCUT2D eigenvalue weighted by molar-refractivity contribution is 7.88. The van der Waals surface area contributed by atoms with Crippen molar-refractivity contribution < 1.29 is 13.2 Å². The van der Waals surface area contributed by atoms with Crippen LogP contribution in [0.4, 0.5) is 0 Å². The van der Waals surface area contributed by atoms with Crippen molar-refractivity contribution in [1.29, 1.82) is 0 Å². The second kappa shape index (κ2) is 6.67. The number of nitrogens with zero attached hydrogens (tertiary/aromatic N) is 1. The molecular weight excluding hydrogens is 302 g/mol. The number of pyridine rings is 1. The Bertz CT molecular complexity index is 771. The summed E-state index contributed by atoms with van der Waals surface area (Å²) in [6.45, 7) is 2.16. The number of hydrogen-bond donors (Lipinski definition) is 2. The number of amides is 1. The van der Waals surface area contributed by atoms with Gasteiger partial charge in [0, 0.05) is 12.2 Å². The normalized spacial score (nSPS) is 11.2. The Morgan fingerprint density at radius 3 is 2.36 bits per heavy atom. The van der Waals surface area contributed by atoms with Crippen molar-refractivity contribution in [2.45, 2.75) is 19.2 Å². The molecule has 22 heavy (non-hydrogen) atoms. The van der Waals surface area contributed by atoms with Gasteiger partial charge in [0.25, 0.3) is 5.91 Å². The molecule has 0 aliphatic rings. The second-order valence-electron chi connectivity index (χ2n) is 4.97. The van der Waals surface area contributed by atoms with E-state index in [1.807, 2.05) is 13.0 Å². The zero-order valence-corrected chi connectivity index (χ0v) is 12.9. The molecule has 0 bridgehead atoms. The van der Waals surface area contributed by atoms with E-state index in [9.17, 15) is 13.2 Å². The third-order valence-corrected chi connectivity index (χ3v) is 3.70. The summed E-state index contributed by atoms with van der Waals surface area (Å²) in [6.07, 6.45) is 0. The first-order valence-corrected chi connectivity index (χ1v) is 8.35. The highest BCUT2D eigenvalue weighted by atomic mass is 32.2. The Morgan fingerprint density at radius 2 is 1.77 bits per heavy atom. The van der Waals surface area contributed by atoms with E-state index in [0.717, 1.165) is 11.3 Å². The molecule has 2 rings (SSSR count). The van der Waals surface area contributed by atoms with Crippen LogP contribution >= 0.6 is 0 Å². The predicted octanol–water partition coefficient (Wildman–Crippen LogP) is 1.11. The Labute approximate surface area is 129 Å². The number of carbonyl (C=O) groups is 1. The third-order valence-electron chi connectivity index (χ3n) is 2.96. The number of primary sulfonamides is 1. The van der Waals surface area contributed by atoms with Crippen LogP contribution in [0.3, 0.4) is 0 Å². The molecule has 1 aromatic heterocycles. The van der Waals surface area contributed by atoms with Crippen LogP contribution in [0.25, 0.3) is 0 Å². The maximum absolute atomic E-state index is 12.0. The summed E-state index contributed by atoms with van der Waals surface area (Å²) in [5, 5.41) is 7.75. The van der Waals surface area contributed by atoms with E-state index < -0.39 is 10.0 Å². The third kappa shape index (κ3) is 4.94. The highest BCUT2D eigenvalue weighted by Crippen LogP contribution is 2.07. The van der Waals surface area contributed by atoms with Crippen LogP contribution < -0.4 is 10.5 Å². The van der Waals surface area contributed by atoms with Crippen LogP contribution in [-0.4, -0.2) is 19.3 Å². The van der Waals surface area contributed by atoms with Gasteiger partial charge >= 0.3 is 0 Å². The molecule has 0 atom stereocenters. The van der Waals surface area contributed by atoms with Gasteiger partial charge in [-0.3, -0.25) is 4.79 Å². The highest BCUT2D eigenvalue weighted by Gasteiger charge is 2.08. The Hall–Kier alpha value is -2.25. The van der Waals surface area contributed by atoms with Gasteiger partial charge in [0.1, 0.15) is 5.69 Å². The second-order valence-corrected chi connectivity index (χ2v) is 6.58. The molecule has 1 aromatic carbocycles. The summed E-state index contributed by atoms with van der Waals surface area (Å²) < 4.78 is 22.0. The van der Waals surface area contributed by atoms with Gasteiger partial charge in [-0.2, -0.15) is 0 Å². The molecule has 0 radical (unpaired) electrons. The SMILES string of the molecule is Cc1cccc(C(=O)NCc2ccc(CS(N)(=O)=O)cc2)n1. The van der Waals surface area contributed by atoms with E-state index in [4.69, 9.17) is 5.14 Å². The van der Waals surface area contributed by atoms with Crippen molar-refractivity contribution in [2.24, 2.45) is 5.14 Å². The van der Waals surface area contributed by atoms with Gasteiger partial charge in [-0.1, -0.05) is 30.3 Å². The van der Waals surface area contributed by atoms with Crippen molar-refractivity contribution in [3.8, 4) is 0 Å². The largest absolute Gasteiger partial charge is 0.347 e. The van der Waals surface area contributed by atoms with E-state index in [0.29, 0.717) is 17.8 Å². The van der Waals surface area contributed by atoms with Gasteiger partial charge in [0.05, 0.1) is 5.75 Å². The Morgan fingerprint density at radius 1 is 1.14 bits per heavy atom. The lowest BCUT2D eigenvalue weighted by molar-refractivity contribution is 0.0945. The first kappa shape index (κ1) is 16.1. The fourth-order valence-corrected chi connectivity index (χ4v) is 2.59. The summed E-state index contributed by atoms with van der Waals surface area (Å²) in [4.78, 5) is 16.1. The number of benzene rings is 1. The van der Waals surface area contributed by atoms with Crippen molar-refractivity contribution in [1.82, 2.24) is 10.3 Å². The lowest BCUT2D eigenvalue weighted by Crippen LogP contribution is -2.24. The van der Waals surface area contributed by atoms with Crippen LogP contribution in [0.15, 0.2) is 42.5 Å². The van der Waals surface area contributed by atoms with Crippen LogP contribution in [0.2, 0.25) is 0 Å². The average molecular weight is 319 g/mol. The number of aryl methyl sites for hydroxylation is 1. The fraction of sp³-hybridized carbons (Fsp3) is 0.200. The molecule has 0 saturated carbocycles. The minimum absolute atomic E-state index is 0.202. The maximum atomic E-state index is 12.0. The quantitative estimate of drug-likeness (QED) is 0.861. The number of sulfonamides is 1. The minimum atomic E-state index is -3.53. The molecule has 1 amide bonds. The van der Waals surface area contributed by atoms with Gasteiger partial charge < -0.3 is 5.32 Å². The van der Waals surface area contributed by atoms with Gasteiger partial charge in [-0.15, -0.1) is 0 Å². The molecule has 7 heteroatoms. The van der Waals surface area contributed by atoms with Crippen LogP contribution in [0.5, 0.6) is 0 Å². The monoisotopic (exact) mass is 319 g/mol. The van der Waals surface area contributed by atoms with E-state index in [-0.39, 0.29) is 11.7 Å². The Balaban J connectivity index is 1.96. The van der Waals surface area contributed by atoms with E-state index in [1.165, 1.54) is 0 Å². The molecule has 6 nitrogen and oxygen atoms in total. The molecule has 0 aliphatic carbocycles. The van der Waals surface area contributed by atoms with Crippen molar-refractivity contribution in [3.63, 3.8) is 0 Å².